The third-order valence-electron chi connectivity index (χ3n) is 5.14. The topological polar surface area (TPSA) is 115 Å². The van der Waals surface area contributed by atoms with Crippen LogP contribution in [0.15, 0.2) is 23.1 Å². The highest BCUT2D eigenvalue weighted by Gasteiger charge is 2.42. The number of nitrogens with zero attached hydrogens (tertiary/aromatic N) is 1. The van der Waals surface area contributed by atoms with Crippen LogP contribution >= 0.6 is 11.8 Å². The number of rotatable bonds is 6. The lowest BCUT2D eigenvalue weighted by Crippen LogP contribution is -2.52. The standard InChI is InChI=1S/C17H26N6O3S2/c1-10(24)18-9-15-19-13-5-4-12(28(25,26)22-17(3)6-7-17)8-14(13)23(15)16-21-20-11(2)27-16/h4-5,8,11,15-16,19-22H,6-7,9H2,1-3H3,(H,18,24). The first-order valence-electron chi connectivity index (χ1n) is 9.31. The van der Waals surface area contributed by atoms with E-state index in [0.29, 0.717) is 6.54 Å². The van der Waals surface area contributed by atoms with Crippen LogP contribution < -0.4 is 31.1 Å². The Hall–Kier alpha value is -1.53. The van der Waals surface area contributed by atoms with Gasteiger partial charge in [0.05, 0.1) is 28.2 Å². The number of nitrogens with one attached hydrogen (secondary N) is 5. The molecular weight excluding hydrogens is 400 g/mol. The van der Waals surface area contributed by atoms with E-state index in [1.807, 2.05) is 13.8 Å². The summed E-state index contributed by atoms with van der Waals surface area (Å²) in [5, 5.41) is 6.43. The van der Waals surface area contributed by atoms with Gasteiger partial charge in [-0.15, -0.1) is 11.8 Å². The van der Waals surface area contributed by atoms with Crippen LogP contribution in [0, 0.1) is 0 Å². The van der Waals surface area contributed by atoms with Crippen molar-refractivity contribution in [2.45, 2.75) is 61.1 Å². The van der Waals surface area contributed by atoms with Crippen LogP contribution in [0.2, 0.25) is 0 Å². The third kappa shape index (κ3) is 3.94. The Morgan fingerprint density at radius 3 is 2.71 bits per heavy atom. The van der Waals surface area contributed by atoms with E-state index in [0.717, 1.165) is 24.2 Å². The Morgan fingerprint density at radius 2 is 2.11 bits per heavy atom. The van der Waals surface area contributed by atoms with E-state index >= 15 is 0 Å². The second-order valence-corrected chi connectivity index (χ2v) is 10.9. The lowest BCUT2D eigenvalue weighted by molar-refractivity contribution is -0.119. The zero-order valence-electron chi connectivity index (χ0n) is 16.1. The minimum Gasteiger partial charge on any atom is -0.362 e. The molecule has 0 aromatic heterocycles. The van der Waals surface area contributed by atoms with Crippen molar-refractivity contribution in [2.75, 3.05) is 16.8 Å². The summed E-state index contributed by atoms with van der Waals surface area (Å²) in [5.41, 5.74) is 7.61. The molecule has 11 heteroatoms. The monoisotopic (exact) mass is 426 g/mol. The van der Waals surface area contributed by atoms with Gasteiger partial charge in [0.15, 0.2) is 0 Å². The van der Waals surface area contributed by atoms with Gasteiger partial charge in [0, 0.05) is 12.5 Å². The Balaban J connectivity index is 1.64. The van der Waals surface area contributed by atoms with Crippen molar-refractivity contribution in [3.05, 3.63) is 18.2 Å². The number of carbonyl (C=O) groups excluding carboxylic acids is 1. The molecule has 5 N–H and O–H groups in total. The molecule has 2 heterocycles. The van der Waals surface area contributed by atoms with Crippen LogP contribution in [0.1, 0.15) is 33.6 Å². The van der Waals surface area contributed by atoms with Crippen molar-refractivity contribution in [1.29, 1.82) is 0 Å². The average Bonchev–Trinajstić information content (AvgIpc) is 3.03. The highest BCUT2D eigenvalue weighted by Crippen LogP contribution is 2.41. The number of thioether (sulfide) groups is 1. The fourth-order valence-electron chi connectivity index (χ4n) is 3.37. The molecule has 0 radical (unpaired) electrons. The molecule has 2 aliphatic heterocycles. The van der Waals surface area contributed by atoms with Crippen molar-refractivity contribution in [3.63, 3.8) is 0 Å². The highest BCUT2D eigenvalue weighted by atomic mass is 32.2. The molecule has 3 atom stereocenters. The number of anilines is 2. The number of amides is 1. The summed E-state index contributed by atoms with van der Waals surface area (Å²) in [7, 11) is -3.59. The number of fused-ring (bicyclic) bond motifs is 1. The molecular formula is C17H26N6O3S2. The van der Waals surface area contributed by atoms with Gasteiger partial charge in [0.25, 0.3) is 0 Å². The summed E-state index contributed by atoms with van der Waals surface area (Å²) >= 11 is 1.68. The van der Waals surface area contributed by atoms with E-state index in [4.69, 9.17) is 0 Å². The molecule has 0 bridgehead atoms. The van der Waals surface area contributed by atoms with Crippen LogP contribution in [0.4, 0.5) is 11.4 Å². The second kappa shape index (κ2) is 7.06. The minimum atomic E-state index is -3.59. The van der Waals surface area contributed by atoms with Gasteiger partial charge in [-0.25, -0.2) is 24.0 Å². The van der Waals surface area contributed by atoms with Gasteiger partial charge >= 0.3 is 0 Å². The lowest BCUT2D eigenvalue weighted by Gasteiger charge is -2.31. The number of hydrogen-bond acceptors (Lipinski definition) is 8. The van der Waals surface area contributed by atoms with Gasteiger partial charge in [-0.1, -0.05) is 0 Å². The molecule has 4 rings (SSSR count). The molecule has 1 saturated heterocycles. The lowest BCUT2D eigenvalue weighted by atomic mass is 10.2. The third-order valence-corrected chi connectivity index (χ3v) is 7.90. The molecule has 3 unspecified atom stereocenters. The Kier molecular flexibility index (Phi) is 4.99. The van der Waals surface area contributed by atoms with Crippen molar-refractivity contribution in [1.82, 2.24) is 20.9 Å². The number of hydrogen-bond donors (Lipinski definition) is 5. The van der Waals surface area contributed by atoms with Crippen LogP contribution in [-0.4, -0.2) is 43.4 Å². The molecule has 1 aromatic rings. The van der Waals surface area contributed by atoms with E-state index in [-0.39, 0.29) is 33.4 Å². The highest BCUT2D eigenvalue weighted by molar-refractivity contribution is 8.00. The normalized spacial score (nSPS) is 28.0. The Morgan fingerprint density at radius 1 is 1.36 bits per heavy atom. The first kappa shape index (κ1) is 19.8. The van der Waals surface area contributed by atoms with Crippen molar-refractivity contribution < 1.29 is 13.2 Å². The van der Waals surface area contributed by atoms with Gasteiger partial charge in [-0.05, 0) is 44.9 Å². The van der Waals surface area contributed by atoms with Gasteiger partial charge in [-0.2, -0.15) is 0 Å². The maximum absolute atomic E-state index is 12.8. The second-order valence-electron chi connectivity index (χ2n) is 7.77. The number of sulfonamides is 1. The summed E-state index contributed by atoms with van der Waals surface area (Å²) in [4.78, 5) is 13.7. The molecule has 0 spiro atoms. The zero-order chi connectivity index (χ0) is 20.1. The molecule has 154 valence electrons. The van der Waals surface area contributed by atoms with Crippen molar-refractivity contribution in [3.8, 4) is 0 Å². The first-order valence-corrected chi connectivity index (χ1v) is 11.7. The van der Waals surface area contributed by atoms with Crippen LogP contribution in [0.25, 0.3) is 0 Å². The summed E-state index contributed by atoms with van der Waals surface area (Å²) in [6.45, 7) is 5.84. The predicted molar refractivity (Wildman–Crippen MR) is 110 cm³/mol. The fourth-order valence-corrected chi connectivity index (χ4v) is 5.90. The molecule has 1 amide bonds. The van der Waals surface area contributed by atoms with Gasteiger partial charge in [0.2, 0.25) is 15.9 Å². The average molecular weight is 427 g/mol. The summed E-state index contributed by atoms with van der Waals surface area (Å²) < 4.78 is 28.4. The number of hydrazine groups is 1. The summed E-state index contributed by atoms with van der Waals surface area (Å²) in [5.74, 6) is -0.110. The zero-order valence-corrected chi connectivity index (χ0v) is 17.7. The Labute approximate surface area is 169 Å². The SMILES string of the molecule is CC(=O)NCC1Nc2ccc(S(=O)(=O)NC3(C)CC3)cc2N1C1NNC(C)S1. The van der Waals surface area contributed by atoms with E-state index in [2.05, 4.69) is 31.1 Å². The van der Waals surface area contributed by atoms with Crippen molar-refractivity contribution >= 4 is 39.1 Å². The fraction of sp³-hybridized carbons (Fsp3) is 0.588. The quantitative estimate of drug-likeness (QED) is 0.451. The molecule has 1 saturated carbocycles. The largest absolute Gasteiger partial charge is 0.362 e. The number of carbonyl (C=O) groups is 1. The minimum absolute atomic E-state index is 0.102. The van der Waals surface area contributed by atoms with E-state index in [9.17, 15) is 13.2 Å². The van der Waals surface area contributed by atoms with Gasteiger partial charge in [0.1, 0.15) is 11.7 Å². The Bertz CT molecular complexity index is 889. The van der Waals surface area contributed by atoms with Gasteiger partial charge < -0.3 is 15.5 Å². The molecule has 2 fully saturated rings. The van der Waals surface area contributed by atoms with E-state index in [1.54, 1.807) is 30.0 Å². The van der Waals surface area contributed by atoms with Crippen molar-refractivity contribution in [2.24, 2.45) is 0 Å². The predicted octanol–water partition coefficient (Wildman–Crippen LogP) is 0.682. The van der Waals surface area contributed by atoms with Crippen LogP contribution in [-0.2, 0) is 14.8 Å². The van der Waals surface area contributed by atoms with Crippen LogP contribution in [0.3, 0.4) is 0 Å². The summed E-state index contributed by atoms with van der Waals surface area (Å²) in [6, 6.07) is 5.11. The number of benzene rings is 1. The maximum atomic E-state index is 12.8. The molecule has 1 aliphatic carbocycles. The smallest absolute Gasteiger partial charge is 0.241 e. The first-order chi connectivity index (χ1) is 13.2. The van der Waals surface area contributed by atoms with E-state index in [1.165, 1.54) is 6.92 Å². The summed E-state index contributed by atoms with van der Waals surface area (Å²) in [6.07, 6.45) is 1.52. The maximum Gasteiger partial charge on any atom is 0.241 e. The van der Waals surface area contributed by atoms with E-state index < -0.39 is 10.0 Å². The molecule has 9 nitrogen and oxygen atoms in total. The van der Waals surface area contributed by atoms with Gasteiger partial charge in [-0.3, -0.25) is 4.79 Å². The molecule has 3 aliphatic rings. The molecule has 28 heavy (non-hydrogen) atoms. The van der Waals surface area contributed by atoms with Crippen LogP contribution in [0.5, 0.6) is 0 Å². The molecule has 1 aromatic carbocycles.